The highest BCUT2D eigenvalue weighted by Gasteiger charge is 2.15. The Hall–Kier alpha value is -1.59. The molecule has 2 rings (SSSR count). The minimum Gasteiger partial charge on any atom is -0.508 e. The molecule has 0 saturated carbocycles. The van der Waals surface area contributed by atoms with Crippen molar-refractivity contribution < 1.29 is 9.90 Å². The van der Waals surface area contributed by atoms with Crippen molar-refractivity contribution in [2.24, 2.45) is 0 Å². The number of nitrogens with zero attached hydrogens (tertiary/aromatic N) is 2. The second-order valence-electron chi connectivity index (χ2n) is 5.32. The third kappa shape index (κ3) is 3.71. The molecule has 110 valence electrons. The predicted molar refractivity (Wildman–Crippen MR) is 79.1 cm³/mol. The van der Waals surface area contributed by atoms with Gasteiger partial charge in [0.25, 0.3) is 5.91 Å². The van der Waals surface area contributed by atoms with Crippen LogP contribution < -0.4 is 5.32 Å². The van der Waals surface area contributed by atoms with Crippen molar-refractivity contribution in [1.82, 2.24) is 15.1 Å². The lowest BCUT2D eigenvalue weighted by Gasteiger charge is -2.29. The topological polar surface area (TPSA) is 55.8 Å². The van der Waals surface area contributed by atoms with Crippen LogP contribution in [0.5, 0.6) is 5.75 Å². The number of amides is 1. The highest BCUT2D eigenvalue weighted by atomic mass is 16.3. The number of nitrogens with one attached hydrogen (secondary N) is 1. The Kier molecular flexibility index (Phi) is 4.98. The summed E-state index contributed by atoms with van der Waals surface area (Å²) in [5.41, 5.74) is 1.32. The fourth-order valence-corrected chi connectivity index (χ4v) is 2.29. The van der Waals surface area contributed by atoms with Crippen LogP contribution in [0, 0.1) is 6.92 Å². The molecule has 0 radical (unpaired) electrons. The summed E-state index contributed by atoms with van der Waals surface area (Å²) in [4.78, 5) is 16.3. The number of phenolic OH excluding ortho intramolecular Hbond substituents is 1. The van der Waals surface area contributed by atoms with E-state index in [0.29, 0.717) is 12.1 Å². The minimum atomic E-state index is -0.0459. The SMILES string of the molecule is Cc1ccc(C(=O)N(C)CCN2CCNCC2)cc1O. The predicted octanol–water partition coefficient (Wildman–Crippen LogP) is 0.678. The lowest BCUT2D eigenvalue weighted by Crippen LogP contribution is -2.46. The van der Waals surface area contributed by atoms with E-state index in [1.54, 1.807) is 30.1 Å². The summed E-state index contributed by atoms with van der Waals surface area (Å²) < 4.78 is 0. The maximum Gasteiger partial charge on any atom is 0.253 e. The Labute approximate surface area is 120 Å². The van der Waals surface area contributed by atoms with Crippen LogP contribution in [0.3, 0.4) is 0 Å². The van der Waals surface area contributed by atoms with Gasteiger partial charge in [0.1, 0.15) is 5.75 Å². The van der Waals surface area contributed by atoms with Gasteiger partial charge in [0.15, 0.2) is 0 Å². The molecule has 0 atom stereocenters. The summed E-state index contributed by atoms with van der Waals surface area (Å²) in [5, 5.41) is 13.0. The standard InChI is InChI=1S/C15H23N3O2/c1-12-3-4-13(11-14(12)19)15(20)17(2)9-10-18-7-5-16-6-8-18/h3-4,11,16,19H,5-10H2,1-2H3. The zero-order valence-electron chi connectivity index (χ0n) is 12.2. The summed E-state index contributed by atoms with van der Waals surface area (Å²) in [6.07, 6.45) is 0. The second kappa shape index (κ2) is 6.72. The Morgan fingerprint density at radius 2 is 2.10 bits per heavy atom. The van der Waals surface area contributed by atoms with Gasteiger partial charge in [-0.05, 0) is 24.6 Å². The molecule has 1 aliphatic rings. The van der Waals surface area contributed by atoms with Gasteiger partial charge in [0.05, 0.1) is 0 Å². The number of phenols is 1. The summed E-state index contributed by atoms with van der Waals surface area (Å²) in [5.74, 6) is 0.127. The number of rotatable bonds is 4. The third-order valence-corrected chi connectivity index (χ3v) is 3.76. The Bertz CT molecular complexity index is 470. The van der Waals surface area contributed by atoms with Crippen molar-refractivity contribution in [3.63, 3.8) is 0 Å². The average Bonchev–Trinajstić information content (AvgIpc) is 2.48. The van der Waals surface area contributed by atoms with E-state index in [1.807, 2.05) is 6.92 Å². The van der Waals surface area contributed by atoms with Gasteiger partial charge >= 0.3 is 0 Å². The molecular weight excluding hydrogens is 254 g/mol. The fraction of sp³-hybridized carbons (Fsp3) is 0.533. The van der Waals surface area contributed by atoms with Crippen molar-refractivity contribution in [2.45, 2.75) is 6.92 Å². The third-order valence-electron chi connectivity index (χ3n) is 3.76. The Morgan fingerprint density at radius 3 is 2.75 bits per heavy atom. The summed E-state index contributed by atoms with van der Waals surface area (Å²) in [6.45, 7) is 7.51. The molecule has 5 nitrogen and oxygen atoms in total. The maximum atomic E-state index is 12.3. The van der Waals surface area contributed by atoms with Crippen LogP contribution in [-0.2, 0) is 0 Å². The monoisotopic (exact) mass is 277 g/mol. The molecule has 1 amide bonds. The Morgan fingerprint density at radius 1 is 1.40 bits per heavy atom. The van der Waals surface area contributed by atoms with Gasteiger partial charge in [0, 0.05) is 51.9 Å². The van der Waals surface area contributed by atoms with Gasteiger partial charge in [-0.1, -0.05) is 6.07 Å². The quantitative estimate of drug-likeness (QED) is 0.850. The van der Waals surface area contributed by atoms with Crippen molar-refractivity contribution in [2.75, 3.05) is 46.3 Å². The largest absolute Gasteiger partial charge is 0.508 e. The van der Waals surface area contributed by atoms with Gasteiger partial charge < -0.3 is 15.3 Å². The van der Waals surface area contributed by atoms with Gasteiger partial charge in [-0.2, -0.15) is 0 Å². The molecule has 0 aromatic heterocycles. The van der Waals surface area contributed by atoms with E-state index in [2.05, 4.69) is 10.2 Å². The molecule has 1 saturated heterocycles. The molecule has 0 spiro atoms. The van der Waals surface area contributed by atoms with Crippen molar-refractivity contribution >= 4 is 5.91 Å². The number of piperazine rings is 1. The van der Waals surface area contributed by atoms with Crippen LogP contribution in [0.25, 0.3) is 0 Å². The van der Waals surface area contributed by atoms with Gasteiger partial charge in [0.2, 0.25) is 0 Å². The normalized spacial score (nSPS) is 16.1. The molecule has 1 heterocycles. The molecule has 20 heavy (non-hydrogen) atoms. The Balaban J connectivity index is 1.89. The molecule has 1 aliphatic heterocycles. The summed E-state index contributed by atoms with van der Waals surface area (Å²) >= 11 is 0. The highest BCUT2D eigenvalue weighted by Crippen LogP contribution is 2.18. The lowest BCUT2D eigenvalue weighted by atomic mass is 10.1. The van der Waals surface area contributed by atoms with E-state index >= 15 is 0 Å². The number of aromatic hydroxyl groups is 1. The van der Waals surface area contributed by atoms with Gasteiger partial charge in [-0.15, -0.1) is 0 Å². The molecule has 0 aliphatic carbocycles. The van der Waals surface area contributed by atoms with E-state index in [-0.39, 0.29) is 11.7 Å². The zero-order chi connectivity index (χ0) is 14.5. The van der Waals surface area contributed by atoms with Crippen LogP contribution in [0.4, 0.5) is 0 Å². The van der Waals surface area contributed by atoms with E-state index in [1.165, 1.54) is 0 Å². The number of aryl methyl sites for hydroxylation is 1. The van der Waals surface area contributed by atoms with E-state index in [9.17, 15) is 9.90 Å². The molecule has 1 fully saturated rings. The first-order valence-corrected chi connectivity index (χ1v) is 7.06. The number of benzene rings is 1. The van der Waals surface area contributed by atoms with E-state index < -0.39 is 0 Å². The molecule has 1 aromatic rings. The fourth-order valence-electron chi connectivity index (χ4n) is 2.29. The van der Waals surface area contributed by atoms with Crippen molar-refractivity contribution in [3.8, 4) is 5.75 Å². The molecule has 5 heteroatoms. The minimum absolute atomic E-state index is 0.0459. The van der Waals surface area contributed by atoms with Crippen LogP contribution in [-0.4, -0.2) is 67.1 Å². The van der Waals surface area contributed by atoms with Crippen LogP contribution in [0.1, 0.15) is 15.9 Å². The smallest absolute Gasteiger partial charge is 0.253 e. The van der Waals surface area contributed by atoms with Crippen molar-refractivity contribution in [1.29, 1.82) is 0 Å². The number of hydrogen-bond donors (Lipinski definition) is 2. The second-order valence-corrected chi connectivity index (χ2v) is 5.32. The van der Waals surface area contributed by atoms with E-state index in [4.69, 9.17) is 0 Å². The average molecular weight is 277 g/mol. The van der Waals surface area contributed by atoms with E-state index in [0.717, 1.165) is 38.3 Å². The molecule has 0 bridgehead atoms. The van der Waals surface area contributed by atoms with Crippen LogP contribution >= 0.6 is 0 Å². The first kappa shape index (κ1) is 14.8. The van der Waals surface area contributed by atoms with Gasteiger partial charge in [-0.25, -0.2) is 0 Å². The number of likely N-dealkylation sites (N-methyl/N-ethyl adjacent to an activating group) is 1. The highest BCUT2D eigenvalue weighted by molar-refractivity contribution is 5.94. The molecule has 1 aromatic carbocycles. The number of carbonyl (C=O) groups excluding carboxylic acids is 1. The molecular formula is C15H23N3O2. The van der Waals surface area contributed by atoms with Crippen LogP contribution in [0.15, 0.2) is 18.2 Å². The molecule has 2 N–H and O–H groups in total. The lowest BCUT2D eigenvalue weighted by molar-refractivity contribution is 0.0774. The van der Waals surface area contributed by atoms with Crippen molar-refractivity contribution in [3.05, 3.63) is 29.3 Å². The summed E-state index contributed by atoms with van der Waals surface area (Å²) in [6, 6.07) is 5.07. The first-order valence-electron chi connectivity index (χ1n) is 7.06. The zero-order valence-corrected chi connectivity index (χ0v) is 12.2. The molecule has 0 unspecified atom stereocenters. The number of hydrogen-bond acceptors (Lipinski definition) is 4. The number of carbonyl (C=O) groups is 1. The summed E-state index contributed by atoms with van der Waals surface area (Å²) in [7, 11) is 1.81. The maximum absolute atomic E-state index is 12.3. The first-order chi connectivity index (χ1) is 9.58. The van der Waals surface area contributed by atoms with Gasteiger partial charge in [-0.3, -0.25) is 9.69 Å². The van der Waals surface area contributed by atoms with Crippen LogP contribution in [0.2, 0.25) is 0 Å².